The fourth-order valence-corrected chi connectivity index (χ4v) is 5.93. The Morgan fingerprint density at radius 3 is 2.24 bits per heavy atom. The molecule has 0 unspecified atom stereocenters. The highest BCUT2D eigenvalue weighted by Gasteiger charge is 2.21. The molecule has 4 aromatic carbocycles. The van der Waals surface area contributed by atoms with Gasteiger partial charge in [0.05, 0.1) is 30.1 Å². The van der Waals surface area contributed by atoms with Crippen molar-refractivity contribution in [2.45, 2.75) is 37.6 Å². The minimum absolute atomic E-state index is 0.0292. The van der Waals surface area contributed by atoms with E-state index in [-0.39, 0.29) is 10.5 Å². The summed E-state index contributed by atoms with van der Waals surface area (Å²) in [5.74, 6) is 1.59. The molecule has 0 saturated heterocycles. The number of methoxy groups -OCH3 is 2. The van der Waals surface area contributed by atoms with E-state index in [1.165, 1.54) is 12.1 Å². The first kappa shape index (κ1) is 28.9. The van der Waals surface area contributed by atoms with E-state index in [4.69, 9.17) is 14.5 Å². The average Bonchev–Trinajstić information content (AvgIpc) is 3.35. The Bertz CT molecular complexity index is 1810. The summed E-state index contributed by atoms with van der Waals surface area (Å²) in [5, 5.41) is 0. The Kier molecular flexibility index (Phi) is 8.59. The third-order valence-corrected chi connectivity index (χ3v) is 8.49. The second kappa shape index (κ2) is 12.5. The summed E-state index contributed by atoms with van der Waals surface area (Å²) in [5.41, 5.74) is 4.57. The maximum atomic E-state index is 13.1. The molecule has 0 aliphatic heterocycles. The number of unbranched alkanes of at least 4 members (excludes halogenated alkanes) is 1. The lowest BCUT2D eigenvalue weighted by Gasteiger charge is -2.13. The number of hydrogen-bond donors (Lipinski definition) is 1. The Labute approximate surface area is 246 Å². The van der Waals surface area contributed by atoms with E-state index in [0.717, 1.165) is 47.2 Å². The lowest BCUT2D eigenvalue weighted by Crippen LogP contribution is -2.30. The van der Waals surface area contributed by atoms with Crippen molar-refractivity contribution in [3.63, 3.8) is 0 Å². The van der Waals surface area contributed by atoms with Gasteiger partial charge in [0.25, 0.3) is 15.9 Å². The largest absolute Gasteiger partial charge is 0.493 e. The minimum Gasteiger partial charge on any atom is -0.493 e. The number of imidazole rings is 1. The smallest absolute Gasteiger partial charge is 0.265 e. The number of carbonyl (C=O) groups excluding carboxylic acids is 1. The molecule has 0 saturated carbocycles. The molecule has 0 radical (unpaired) electrons. The van der Waals surface area contributed by atoms with Crippen LogP contribution in [0.4, 0.5) is 0 Å². The van der Waals surface area contributed by atoms with E-state index in [1.54, 1.807) is 44.6 Å². The topological polar surface area (TPSA) is 99.5 Å². The van der Waals surface area contributed by atoms with Gasteiger partial charge in [0.2, 0.25) is 0 Å². The van der Waals surface area contributed by atoms with E-state index in [2.05, 4.69) is 16.2 Å². The van der Waals surface area contributed by atoms with Crippen LogP contribution < -0.4 is 14.2 Å². The van der Waals surface area contributed by atoms with E-state index in [1.807, 2.05) is 48.5 Å². The van der Waals surface area contributed by atoms with Crippen LogP contribution in [0, 0.1) is 0 Å². The van der Waals surface area contributed by atoms with Crippen molar-refractivity contribution in [1.29, 1.82) is 0 Å². The zero-order valence-corrected chi connectivity index (χ0v) is 24.6. The molecule has 216 valence electrons. The third-order valence-electron chi connectivity index (χ3n) is 7.14. The number of nitrogens with one attached hydrogen (secondary N) is 1. The number of nitrogens with zero attached hydrogens (tertiary/aromatic N) is 2. The lowest BCUT2D eigenvalue weighted by atomic mass is 9.98. The molecule has 1 heterocycles. The predicted octanol–water partition coefficient (Wildman–Crippen LogP) is 6.23. The standard InChI is InChI=1S/C33H33N3O5S/c1-4-5-15-32-34-28-20-30(40-2)31(41-3)21-29(28)36(32)22-23-16-18-24(19-17-23)26-13-9-10-14-27(26)33(37)35-42(38,39)25-11-7-6-8-12-25/h6-14,16-21H,4-5,15,22H2,1-3H3,(H,35,37). The number of carbonyl (C=O) groups is 1. The molecule has 0 aliphatic rings. The number of amides is 1. The van der Waals surface area contributed by atoms with Crippen molar-refractivity contribution in [3.8, 4) is 22.6 Å². The molecule has 0 fully saturated rings. The van der Waals surface area contributed by atoms with Crippen molar-refractivity contribution in [2.75, 3.05) is 14.2 Å². The highest BCUT2D eigenvalue weighted by Crippen LogP contribution is 2.33. The van der Waals surface area contributed by atoms with Gasteiger partial charge in [0.1, 0.15) is 5.82 Å². The normalized spacial score (nSPS) is 11.4. The van der Waals surface area contributed by atoms with E-state index >= 15 is 0 Å². The van der Waals surface area contributed by atoms with Crippen molar-refractivity contribution in [2.24, 2.45) is 0 Å². The predicted molar refractivity (Wildman–Crippen MR) is 164 cm³/mol. The molecule has 42 heavy (non-hydrogen) atoms. The quantitative estimate of drug-likeness (QED) is 0.198. The van der Waals surface area contributed by atoms with Gasteiger partial charge in [-0.25, -0.2) is 18.1 Å². The number of aryl methyl sites for hydroxylation is 1. The fraction of sp³-hybridized carbons (Fsp3) is 0.212. The Morgan fingerprint density at radius 2 is 1.55 bits per heavy atom. The van der Waals surface area contributed by atoms with Crippen LogP contribution in [0.5, 0.6) is 11.5 Å². The molecule has 1 amide bonds. The maximum Gasteiger partial charge on any atom is 0.265 e. The summed E-state index contributed by atoms with van der Waals surface area (Å²) in [6.07, 6.45) is 2.93. The zero-order valence-electron chi connectivity index (χ0n) is 23.8. The molecule has 0 spiro atoms. The van der Waals surface area contributed by atoms with Gasteiger partial charge in [-0.05, 0) is 41.3 Å². The summed E-state index contributed by atoms with van der Waals surface area (Å²) in [7, 11) is -0.769. The van der Waals surface area contributed by atoms with Crippen LogP contribution in [-0.4, -0.2) is 38.1 Å². The molecular formula is C33H33N3O5S. The maximum absolute atomic E-state index is 13.1. The number of ether oxygens (including phenoxy) is 2. The second-order valence-electron chi connectivity index (χ2n) is 9.90. The van der Waals surface area contributed by atoms with Crippen LogP contribution in [0.2, 0.25) is 0 Å². The first-order valence-electron chi connectivity index (χ1n) is 13.8. The van der Waals surface area contributed by atoms with E-state index < -0.39 is 15.9 Å². The highest BCUT2D eigenvalue weighted by molar-refractivity contribution is 7.90. The molecule has 0 bridgehead atoms. The monoisotopic (exact) mass is 583 g/mol. The van der Waals surface area contributed by atoms with Crippen molar-refractivity contribution in [1.82, 2.24) is 14.3 Å². The number of benzene rings is 4. The van der Waals surface area contributed by atoms with Crippen molar-refractivity contribution < 1.29 is 22.7 Å². The number of rotatable bonds is 11. The average molecular weight is 584 g/mol. The van der Waals surface area contributed by atoms with E-state index in [9.17, 15) is 13.2 Å². The third kappa shape index (κ3) is 6.01. The van der Waals surface area contributed by atoms with Crippen molar-refractivity contribution in [3.05, 3.63) is 108 Å². The summed E-state index contributed by atoms with van der Waals surface area (Å²) in [4.78, 5) is 18.1. The lowest BCUT2D eigenvalue weighted by molar-refractivity contribution is 0.0982. The Balaban J connectivity index is 1.43. The zero-order chi connectivity index (χ0) is 29.7. The van der Waals surface area contributed by atoms with Gasteiger partial charge in [0.15, 0.2) is 11.5 Å². The summed E-state index contributed by atoms with van der Waals surface area (Å²) < 4.78 is 41.0. The number of aromatic nitrogens is 2. The first-order valence-corrected chi connectivity index (χ1v) is 15.2. The number of hydrogen-bond acceptors (Lipinski definition) is 6. The highest BCUT2D eigenvalue weighted by atomic mass is 32.2. The Morgan fingerprint density at radius 1 is 0.881 bits per heavy atom. The van der Waals surface area contributed by atoms with Crippen LogP contribution in [0.1, 0.15) is 41.5 Å². The molecule has 5 rings (SSSR count). The SMILES string of the molecule is CCCCc1nc2cc(OC)c(OC)cc2n1Cc1ccc(-c2ccccc2C(=O)NS(=O)(=O)c2ccccc2)cc1. The van der Waals surface area contributed by atoms with Gasteiger partial charge in [-0.15, -0.1) is 0 Å². The van der Waals surface area contributed by atoms with Crippen LogP contribution in [0.25, 0.3) is 22.2 Å². The van der Waals surface area contributed by atoms with Gasteiger partial charge in [-0.2, -0.15) is 0 Å². The Hall–Kier alpha value is -4.63. The van der Waals surface area contributed by atoms with Crippen LogP contribution >= 0.6 is 0 Å². The van der Waals surface area contributed by atoms with Gasteiger partial charge < -0.3 is 14.0 Å². The summed E-state index contributed by atoms with van der Waals surface area (Å²) in [6, 6.07) is 26.6. The van der Waals surface area contributed by atoms with Crippen molar-refractivity contribution >= 4 is 27.0 Å². The van der Waals surface area contributed by atoms with Gasteiger partial charge >= 0.3 is 0 Å². The number of sulfonamides is 1. The molecule has 5 aromatic rings. The van der Waals surface area contributed by atoms with Crippen LogP contribution in [-0.2, 0) is 23.0 Å². The van der Waals surface area contributed by atoms with Gasteiger partial charge in [0, 0.05) is 30.7 Å². The second-order valence-corrected chi connectivity index (χ2v) is 11.6. The molecular weight excluding hydrogens is 550 g/mol. The number of fused-ring (bicyclic) bond motifs is 1. The summed E-state index contributed by atoms with van der Waals surface area (Å²) in [6.45, 7) is 2.76. The van der Waals surface area contributed by atoms with Crippen LogP contribution in [0.15, 0.2) is 95.9 Å². The first-order chi connectivity index (χ1) is 20.3. The fourth-order valence-electron chi connectivity index (χ4n) is 4.94. The summed E-state index contributed by atoms with van der Waals surface area (Å²) >= 11 is 0. The molecule has 0 atom stereocenters. The minimum atomic E-state index is -4.01. The molecule has 9 heteroatoms. The van der Waals surface area contributed by atoms with Crippen LogP contribution in [0.3, 0.4) is 0 Å². The molecule has 0 aliphatic carbocycles. The molecule has 8 nitrogen and oxygen atoms in total. The molecule has 1 N–H and O–H groups in total. The van der Waals surface area contributed by atoms with Gasteiger partial charge in [-0.1, -0.05) is 74.0 Å². The van der Waals surface area contributed by atoms with Gasteiger partial charge in [-0.3, -0.25) is 4.79 Å². The van der Waals surface area contributed by atoms with E-state index in [0.29, 0.717) is 23.6 Å². The molecule has 1 aromatic heterocycles.